The molecule has 0 aliphatic heterocycles. The van der Waals surface area contributed by atoms with Crippen LogP contribution in [0.1, 0.15) is 16.7 Å². The van der Waals surface area contributed by atoms with E-state index in [2.05, 4.69) is 5.32 Å². The van der Waals surface area contributed by atoms with Crippen molar-refractivity contribution in [2.24, 2.45) is 0 Å². The number of hydrogen-bond donors (Lipinski definition) is 1. The molecule has 0 saturated carbocycles. The summed E-state index contributed by atoms with van der Waals surface area (Å²) < 4.78 is 39.3. The Morgan fingerprint density at radius 2 is 1.68 bits per heavy atom. The van der Waals surface area contributed by atoms with Crippen molar-refractivity contribution in [3.05, 3.63) is 64.5 Å². The smallest absolute Gasteiger partial charge is 0.196 e. The van der Waals surface area contributed by atoms with Gasteiger partial charge in [-0.2, -0.15) is 0 Å². The van der Waals surface area contributed by atoms with E-state index in [-0.39, 0.29) is 5.69 Å². The van der Waals surface area contributed by atoms with Gasteiger partial charge >= 0.3 is 0 Å². The molecule has 2 aromatic rings. The van der Waals surface area contributed by atoms with Crippen molar-refractivity contribution in [2.75, 3.05) is 5.32 Å². The lowest BCUT2D eigenvalue weighted by Gasteiger charge is -2.11. The van der Waals surface area contributed by atoms with E-state index >= 15 is 0 Å². The minimum atomic E-state index is -1.45. The maximum atomic E-state index is 13.5. The van der Waals surface area contributed by atoms with E-state index in [0.29, 0.717) is 6.54 Å². The Kier molecular flexibility index (Phi) is 3.79. The molecule has 2 aromatic carbocycles. The summed E-state index contributed by atoms with van der Waals surface area (Å²) in [5, 5.41) is 2.78. The second-order valence-corrected chi connectivity index (χ2v) is 4.51. The zero-order chi connectivity index (χ0) is 14.0. The monoisotopic (exact) mass is 265 g/mol. The molecule has 0 spiro atoms. The molecule has 0 heterocycles. The number of rotatable bonds is 3. The van der Waals surface area contributed by atoms with Crippen LogP contribution in [-0.2, 0) is 6.54 Å². The second-order valence-electron chi connectivity index (χ2n) is 4.51. The van der Waals surface area contributed by atoms with E-state index in [0.717, 1.165) is 22.8 Å². The third-order valence-electron chi connectivity index (χ3n) is 3.01. The second kappa shape index (κ2) is 5.34. The molecular weight excluding hydrogens is 251 g/mol. The first-order valence-corrected chi connectivity index (χ1v) is 5.92. The fourth-order valence-corrected chi connectivity index (χ4v) is 1.84. The van der Waals surface area contributed by atoms with Crippen LogP contribution < -0.4 is 5.32 Å². The zero-order valence-corrected chi connectivity index (χ0v) is 10.7. The zero-order valence-electron chi connectivity index (χ0n) is 10.7. The van der Waals surface area contributed by atoms with Gasteiger partial charge in [-0.15, -0.1) is 0 Å². The summed E-state index contributed by atoms with van der Waals surface area (Å²) in [6.07, 6.45) is 0. The quantitative estimate of drug-likeness (QED) is 0.814. The molecule has 100 valence electrons. The molecule has 0 fully saturated rings. The van der Waals surface area contributed by atoms with E-state index < -0.39 is 17.5 Å². The number of hydrogen-bond acceptors (Lipinski definition) is 1. The molecule has 1 N–H and O–H groups in total. The largest absolute Gasteiger partial charge is 0.378 e. The Morgan fingerprint density at radius 3 is 2.42 bits per heavy atom. The SMILES string of the molecule is Cc1ccc(C)c(CNc2ccc(F)c(F)c2F)c1. The first-order valence-electron chi connectivity index (χ1n) is 5.92. The molecule has 0 atom stereocenters. The predicted octanol–water partition coefficient (Wildman–Crippen LogP) is 4.33. The molecule has 0 aliphatic carbocycles. The number of anilines is 1. The summed E-state index contributed by atoms with van der Waals surface area (Å²) in [5.41, 5.74) is 3.10. The molecule has 19 heavy (non-hydrogen) atoms. The summed E-state index contributed by atoms with van der Waals surface area (Å²) >= 11 is 0. The Morgan fingerprint density at radius 1 is 0.947 bits per heavy atom. The normalized spacial score (nSPS) is 10.6. The van der Waals surface area contributed by atoms with Crippen molar-refractivity contribution in [3.8, 4) is 0 Å². The van der Waals surface area contributed by atoms with Gasteiger partial charge in [0.25, 0.3) is 0 Å². The number of benzene rings is 2. The first kappa shape index (κ1) is 13.5. The van der Waals surface area contributed by atoms with E-state index in [1.54, 1.807) is 0 Å². The highest BCUT2D eigenvalue weighted by molar-refractivity contribution is 5.46. The van der Waals surface area contributed by atoms with Gasteiger partial charge in [0.15, 0.2) is 17.5 Å². The van der Waals surface area contributed by atoms with Crippen LogP contribution in [-0.4, -0.2) is 0 Å². The lowest BCUT2D eigenvalue weighted by molar-refractivity contribution is 0.449. The van der Waals surface area contributed by atoms with Gasteiger partial charge in [0.2, 0.25) is 0 Å². The van der Waals surface area contributed by atoms with E-state index in [9.17, 15) is 13.2 Å². The van der Waals surface area contributed by atoms with Crippen molar-refractivity contribution in [1.82, 2.24) is 0 Å². The fraction of sp³-hybridized carbons (Fsp3) is 0.200. The summed E-state index contributed by atoms with van der Waals surface area (Å²) in [4.78, 5) is 0. The van der Waals surface area contributed by atoms with E-state index in [1.807, 2.05) is 32.0 Å². The van der Waals surface area contributed by atoms with Crippen molar-refractivity contribution in [2.45, 2.75) is 20.4 Å². The Hall–Kier alpha value is -1.97. The number of nitrogens with one attached hydrogen (secondary N) is 1. The van der Waals surface area contributed by atoms with Gasteiger partial charge in [-0.25, -0.2) is 13.2 Å². The van der Waals surface area contributed by atoms with Crippen LogP contribution in [0.15, 0.2) is 30.3 Å². The highest BCUT2D eigenvalue weighted by Crippen LogP contribution is 2.21. The van der Waals surface area contributed by atoms with Crippen LogP contribution in [0.3, 0.4) is 0 Å². The molecule has 0 amide bonds. The summed E-state index contributed by atoms with van der Waals surface area (Å²) in [6, 6.07) is 8.02. The molecule has 0 aliphatic rings. The van der Waals surface area contributed by atoms with Gasteiger partial charge in [-0.05, 0) is 37.1 Å². The average molecular weight is 265 g/mol. The minimum absolute atomic E-state index is 0.0418. The van der Waals surface area contributed by atoms with E-state index in [1.165, 1.54) is 6.07 Å². The summed E-state index contributed by atoms with van der Waals surface area (Å²) in [7, 11) is 0. The van der Waals surface area contributed by atoms with Crippen LogP contribution in [0.25, 0.3) is 0 Å². The highest BCUT2D eigenvalue weighted by atomic mass is 19.2. The van der Waals surface area contributed by atoms with Crippen LogP contribution in [0.4, 0.5) is 18.9 Å². The summed E-state index contributed by atoms with van der Waals surface area (Å²) in [6.45, 7) is 4.26. The van der Waals surface area contributed by atoms with Crippen LogP contribution >= 0.6 is 0 Å². The van der Waals surface area contributed by atoms with Crippen LogP contribution in [0.2, 0.25) is 0 Å². The minimum Gasteiger partial charge on any atom is -0.378 e. The first-order chi connectivity index (χ1) is 8.99. The molecule has 0 radical (unpaired) electrons. The molecule has 0 saturated heterocycles. The van der Waals surface area contributed by atoms with Gasteiger partial charge in [-0.3, -0.25) is 0 Å². The third-order valence-corrected chi connectivity index (χ3v) is 3.01. The Labute approximate surface area is 110 Å². The molecule has 4 heteroatoms. The predicted molar refractivity (Wildman–Crippen MR) is 69.6 cm³/mol. The Balaban J connectivity index is 2.19. The molecule has 0 bridgehead atoms. The fourth-order valence-electron chi connectivity index (χ4n) is 1.84. The van der Waals surface area contributed by atoms with Crippen molar-refractivity contribution >= 4 is 5.69 Å². The van der Waals surface area contributed by atoms with Gasteiger partial charge in [0, 0.05) is 6.54 Å². The lowest BCUT2D eigenvalue weighted by Crippen LogP contribution is -2.05. The maximum absolute atomic E-state index is 13.5. The molecule has 0 unspecified atom stereocenters. The van der Waals surface area contributed by atoms with Gasteiger partial charge < -0.3 is 5.32 Å². The lowest BCUT2D eigenvalue weighted by atomic mass is 10.1. The maximum Gasteiger partial charge on any atom is 0.196 e. The average Bonchev–Trinajstić information content (AvgIpc) is 2.39. The van der Waals surface area contributed by atoms with E-state index in [4.69, 9.17) is 0 Å². The van der Waals surface area contributed by atoms with Crippen molar-refractivity contribution in [3.63, 3.8) is 0 Å². The van der Waals surface area contributed by atoms with Gasteiger partial charge in [-0.1, -0.05) is 23.8 Å². The van der Waals surface area contributed by atoms with Gasteiger partial charge in [0.1, 0.15) is 0 Å². The molecule has 2 rings (SSSR count). The van der Waals surface area contributed by atoms with Crippen LogP contribution in [0.5, 0.6) is 0 Å². The van der Waals surface area contributed by atoms with Crippen molar-refractivity contribution < 1.29 is 13.2 Å². The third kappa shape index (κ3) is 2.89. The highest BCUT2D eigenvalue weighted by Gasteiger charge is 2.13. The molecule has 0 aromatic heterocycles. The Bertz CT molecular complexity index is 609. The molecule has 1 nitrogen and oxygen atoms in total. The van der Waals surface area contributed by atoms with Crippen LogP contribution in [0, 0.1) is 31.3 Å². The van der Waals surface area contributed by atoms with Crippen molar-refractivity contribution in [1.29, 1.82) is 0 Å². The number of aryl methyl sites for hydroxylation is 2. The number of halogens is 3. The topological polar surface area (TPSA) is 12.0 Å². The standard InChI is InChI=1S/C15H14F3N/c1-9-3-4-10(2)11(7-9)8-19-13-6-5-12(16)14(17)15(13)18/h3-7,19H,8H2,1-2H3. The summed E-state index contributed by atoms with van der Waals surface area (Å²) in [5.74, 6) is -3.83. The molecular formula is C15H14F3N. The van der Waals surface area contributed by atoms with Gasteiger partial charge in [0.05, 0.1) is 5.69 Å².